The Bertz CT molecular complexity index is 690. The van der Waals surface area contributed by atoms with E-state index in [1.165, 1.54) is 19.3 Å². The van der Waals surface area contributed by atoms with E-state index >= 15 is 0 Å². The molecule has 22 heavy (non-hydrogen) atoms. The zero-order valence-electron chi connectivity index (χ0n) is 12.5. The SMILES string of the molecule is NC(=O)c1cccc(-c2cccc(C3CCCCC3)c2F)c1. The second-order valence-electron chi connectivity index (χ2n) is 5.99. The highest BCUT2D eigenvalue weighted by Crippen LogP contribution is 2.36. The molecule has 1 fully saturated rings. The summed E-state index contributed by atoms with van der Waals surface area (Å²) in [6.07, 6.45) is 5.71. The van der Waals surface area contributed by atoms with E-state index in [0.717, 1.165) is 18.4 Å². The first-order valence-corrected chi connectivity index (χ1v) is 7.85. The number of halogens is 1. The average Bonchev–Trinajstić information content (AvgIpc) is 2.56. The smallest absolute Gasteiger partial charge is 0.248 e. The van der Waals surface area contributed by atoms with Crippen LogP contribution in [-0.2, 0) is 0 Å². The second-order valence-corrected chi connectivity index (χ2v) is 5.99. The van der Waals surface area contributed by atoms with Crippen LogP contribution in [0.2, 0.25) is 0 Å². The molecular formula is C19H20FNO. The first-order chi connectivity index (χ1) is 10.7. The zero-order valence-corrected chi connectivity index (χ0v) is 12.5. The molecule has 1 aliphatic rings. The normalized spacial score (nSPS) is 15.7. The fourth-order valence-electron chi connectivity index (χ4n) is 3.34. The van der Waals surface area contributed by atoms with Gasteiger partial charge in [0.25, 0.3) is 0 Å². The van der Waals surface area contributed by atoms with E-state index in [9.17, 15) is 9.18 Å². The van der Waals surface area contributed by atoms with Crippen molar-refractivity contribution in [2.24, 2.45) is 5.73 Å². The lowest BCUT2D eigenvalue weighted by Gasteiger charge is -2.23. The monoisotopic (exact) mass is 297 g/mol. The molecule has 1 aliphatic carbocycles. The molecule has 2 N–H and O–H groups in total. The molecule has 0 atom stereocenters. The topological polar surface area (TPSA) is 43.1 Å². The maximum atomic E-state index is 15.0. The van der Waals surface area contributed by atoms with Gasteiger partial charge in [0.2, 0.25) is 5.91 Å². The Morgan fingerprint density at radius 2 is 1.77 bits per heavy atom. The third-order valence-electron chi connectivity index (χ3n) is 4.53. The highest BCUT2D eigenvalue weighted by Gasteiger charge is 2.20. The van der Waals surface area contributed by atoms with Crippen molar-refractivity contribution in [2.75, 3.05) is 0 Å². The Morgan fingerprint density at radius 3 is 2.50 bits per heavy atom. The van der Waals surface area contributed by atoms with Gasteiger partial charge in [-0.1, -0.05) is 49.6 Å². The largest absolute Gasteiger partial charge is 0.366 e. The number of rotatable bonds is 3. The summed E-state index contributed by atoms with van der Waals surface area (Å²) in [5.41, 5.74) is 7.77. The molecule has 2 aromatic carbocycles. The minimum Gasteiger partial charge on any atom is -0.366 e. The lowest BCUT2D eigenvalue weighted by molar-refractivity contribution is 0.100. The average molecular weight is 297 g/mol. The zero-order chi connectivity index (χ0) is 15.5. The van der Waals surface area contributed by atoms with Gasteiger partial charge in [0.1, 0.15) is 5.82 Å². The van der Waals surface area contributed by atoms with Gasteiger partial charge in [-0.15, -0.1) is 0 Å². The van der Waals surface area contributed by atoms with Crippen molar-refractivity contribution in [1.82, 2.24) is 0 Å². The van der Waals surface area contributed by atoms with Crippen LogP contribution in [0.5, 0.6) is 0 Å². The summed E-state index contributed by atoms with van der Waals surface area (Å²) in [7, 11) is 0. The van der Waals surface area contributed by atoms with Crippen molar-refractivity contribution in [3.05, 3.63) is 59.4 Å². The van der Waals surface area contributed by atoms with E-state index in [2.05, 4.69) is 0 Å². The molecule has 2 aromatic rings. The molecular weight excluding hydrogens is 277 g/mol. The first kappa shape index (κ1) is 14.8. The number of primary amides is 1. The first-order valence-electron chi connectivity index (χ1n) is 7.85. The molecule has 114 valence electrons. The number of benzene rings is 2. The van der Waals surface area contributed by atoms with Gasteiger partial charge in [-0.3, -0.25) is 4.79 Å². The summed E-state index contributed by atoms with van der Waals surface area (Å²) >= 11 is 0. The second kappa shape index (κ2) is 6.30. The van der Waals surface area contributed by atoms with Gasteiger partial charge in [-0.2, -0.15) is 0 Å². The summed E-state index contributed by atoms with van der Waals surface area (Å²) in [6.45, 7) is 0. The lowest BCUT2D eigenvalue weighted by atomic mass is 9.83. The lowest BCUT2D eigenvalue weighted by Crippen LogP contribution is -2.11. The van der Waals surface area contributed by atoms with Crippen LogP contribution in [0, 0.1) is 5.82 Å². The Labute approximate surface area is 130 Å². The molecule has 0 aliphatic heterocycles. The van der Waals surface area contributed by atoms with Crippen LogP contribution in [0.15, 0.2) is 42.5 Å². The molecule has 3 rings (SSSR count). The molecule has 0 bridgehead atoms. The van der Waals surface area contributed by atoms with Crippen molar-refractivity contribution < 1.29 is 9.18 Å². The van der Waals surface area contributed by atoms with E-state index < -0.39 is 5.91 Å². The highest BCUT2D eigenvalue weighted by atomic mass is 19.1. The standard InChI is InChI=1S/C19H20FNO/c20-18-16(13-6-2-1-3-7-13)10-5-11-17(18)14-8-4-9-15(12-14)19(21)22/h4-5,8-13H,1-3,6-7H2,(H2,21,22). The van der Waals surface area contributed by atoms with Crippen molar-refractivity contribution in [1.29, 1.82) is 0 Å². The maximum absolute atomic E-state index is 15.0. The van der Waals surface area contributed by atoms with Crippen LogP contribution in [0.3, 0.4) is 0 Å². The number of amides is 1. The van der Waals surface area contributed by atoms with Gasteiger partial charge < -0.3 is 5.73 Å². The summed E-state index contributed by atoms with van der Waals surface area (Å²) in [6, 6.07) is 12.4. The van der Waals surface area contributed by atoms with Gasteiger partial charge in [-0.05, 0) is 42.0 Å². The third-order valence-corrected chi connectivity index (χ3v) is 4.53. The predicted molar refractivity (Wildman–Crippen MR) is 86.2 cm³/mol. The van der Waals surface area contributed by atoms with E-state index in [0.29, 0.717) is 22.6 Å². The Kier molecular flexibility index (Phi) is 4.23. The highest BCUT2D eigenvalue weighted by molar-refractivity contribution is 5.94. The maximum Gasteiger partial charge on any atom is 0.248 e. The number of carbonyl (C=O) groups excluding carboxylic acids is 1. The molecule has 0 spiro atoms. The molecule has 0 radical (unpaired) electrons. The molecule has 0 unspecified atom stereocenters. The molecule has 0 saturated heterocycles. The van der Waals surface area contributed by atoms with Gasteiger partial charge in [-0.25, -0.2) is 4.39 Å². The molecule has 3 heteroatoms. The number of nitrogens with two attached hydrogens (primary N) is 1. The van der Waals surface area contributed by atoms with Crippen molar-refractivity contribution in [3.63, 3.8) is 0 Å². The number of hydrogen-bond donors (Lipinski definition) is 1. The van der Waals surface area contributed by atoms with Gasteiger partial charge in [0.05, 0.1) is 0 Å². The molecule has 0 aromatic heterocycles. The number of hydrogen-bond acceptors (Lipinski definition) is 1. The number of carbonyl (C=O) groups is 1. The molecule has 1 amide bonds. The van der Waals surface area contributed by atoms with Crippen LogP contribution in [0.4, 0.5) is 4.39 Å². The van der Waals surface area contributed by atoms with E-state index in [4.69, 9.17) is 5.73 Å². The molecule has 2 nitrogen and oxygen atoms in total. The quantitative estimate of drug-likeness (QED) is 0.881. The van der Waals surface area contributed by atoms with Crippen molar-refractivity contribution in [3.8, 4) is 11.1 Å². The Morgan fingerprint density at radius 1 is 1.05 bits per heavy atom. The van der Waals surface area contributed by atoms with E-state index in [-0.39, 0.29) is 5.82 Å². The summed E-state index contributed by atoms with van der Waals surface area (Å²) in [5, 5.41) is 0. The predicted octanol–water partition coefficient (Wildman–Crippen LogP) is 4.64. The molecule has 0 heterocycles. The van der Waals surface area contributed by atoms with Crippen LogP contribution >= 0.6 is 0 Å². The minimum absolute atomic E-state index is 0.156. The van der Waals surface area contributed by atoms with Crippen LogP contribution in [0.25, 0.3) is 11.1 Å². The van der Waals surface area contributed by atoms with E-state index in [1.54, 1.807) is 24.3 Å². The van der Waals surface area contributed by atoms with Crippen molar-refractivity contribution in [2.45, 2.75) is 38.0 Å². The minimum atomic E-state index is -0.495. The van der Waals surface area contributed by atoms with Crippen LogP contribution in [-0.4, -0.2) is 5.91 Å². The Balaban J connectivity index is 2.01. The Hall–Kier alpha value is -2.16. The van der Waals surface area contributed by atoms with Gasteiger partial charge in [0, 0.05) is 11.1 Å². The third kappa shape index (κ3) is 2.89. The summed E-state index contributed by atoms with van der Waals surface area (Å²) in [5.74, 6) is -0.338. The van der Waals surface area contributed by atoms with E-state index in [1.807, 2.05) is 18.2 Å². The molecule has 1 saturated carbocycles. The van der Waals surface area contributed by atoms with Crippen LogP contribution < -0.4 is 5.73 Å². The van der Waals surface area contributed by atoms with Gasteiger partial charge in [0.15, 0.2) is 0 Å². The van der Waals surface area contributed by atoms with Crippen molar-refractivity contribution >= 4 is 5.91 Å². The fourth-order valence-corrected chi connectivity index (χ4v) is 3.34. The summed E-state index contributed by atoms with van der Waals surface area (Å²) < 4.78 is 15.0. The fraction of sp³-hybridized carbons (Fsp3) is 0.316. The summed E-state index contributed by atoms with van der Waals surface area (Å²) in [4.78, 5) is 11.3. The van der Waals surface area contributed by atoms with Gasteiger partial charge >= 0.3 is 0 Å². The van der Waals surface area contributed by atoms with Crippen LogP contribution in [0.1, 0.15) is 53.9 Å².